The molecule has 0 aliphatic carbocycles. The Balaban J connectivity index is 1.46. The number of aryl methyl sites for hydroxylation is 1. The summed E-state index contributed by atoms with van der Waals surface area (Å²) in [6.45, 7) is 8.07. The van der Waals surface area contributed by atoms with Crippen LogP contribution in [0.1, 0.15) is 51.4 Å². The lowest BCUT2D eigenvalue weighted by molar-refractivity contribution is 0.0948. The van der Waals surface area contributed by atoms with Crippen molar-refractivity contribution in [1.29, 1.82) is 0 Å². The molecule has 8 heteroatoms. The molecular formula is C20H27N5O2S. The van der Waals surface area contributed by atoms with Crippen LogP contribution in [0.2, 0.25) is 0 Å². The van der Waals surface area contributed by atoms with Gasteiger partial charge in [0.15, 0.2) is 0 Å². The number of piperidine rings is 1. The number of benzene rings is 1. The smallest absolute Gasteiger partial charge is 0.286 e. The number of hydrogen-bond donors (Lipinski definition) is 2. The van der Waals surface area contributed by atoms with Gasteiger partial charge in [-0.1, -0.05) is 24.3 Å². The van der Waals surface area contributed by atoms with Crippen LogP contribution in [-0.2, 0) is 0 Å². The van der Waals surface area contributed by atoms with Crippen LogP contribution in [0.4, 0.5) is 5.69 Å². The summed E-state index contributed by atoms with van der Waals surface area (Å²) >= 11 is 1.23. The molecule has 1 aromatic heterocycles. The Morgan fingerprint density at radius 3 is 2.89 bits per heavy atom. The van der Waals surface area contributed by atoms with E-state index in [0.29, 0.717) is 22.8 Å². The maximum absolute atomic E-state index is 12.4. The number of likely N-dealkylation sites (tertiary alicyclic amines) is 1. The molecule has 2 N–H and O–H groups in total. The Hall–Kier alpha value is -2.32. The minimum Gasteiger partial charge on any atom is -0.352 e. The second kappa shape index (κ2) is 9.75. The molecule has 7 nitrogen and oxygen atoms in total. The van der Waals surface area contributed by atoms with Crippen LogP contribution in [0.5, 0.6) is 0 Å². The predicted molar refractivity (Wildman–Crippen MR) is 111 cm³/mol. The first-order valence-corrected chi connectivity index (χ1v) is 10.5. The lowest BCUT2D eigenvalue weighted by Crippen LogP contribution is -2.36. The van der Waals surface area contributed by atoms with Crippen molar-refractivity contribution in [2.75, 3.05) is 31.5 Å². The minimum atomic E-state index is -0.320. The first kappa shape index (κ1) is 20.4. The van der Waals surface area contributed by atoms with E-state index in [2.05, 4.69) is 32.7 Å². The molecule has 0 saturated carbocycles. The van der Waals surface area contributed by atoms with Gasteiger partial charge >= 0.3 is 0 Å². The number of amides is 2. The van der Waals surface area contributed by atoms with Gasteiger partial charge in [-0.15, -0.1) is 10.2 Å². The van der Waals surface area contributed by atoms with E-state index in [0.717, 1.165) is 37.0 Å². The normalized spacial score (nSPS) is 17.3. The molecule has 2 aromatic rings. The number of hydrogen-bond acceptors (Lipinski definition) is 6. The maximum Gasteiger partial charge on any atom is 0.286 e. The molecule has 0 spiro atoms. The third-order valence-electron chi connectivity index (χ3n) is 4.78. The van der Waals surface area contributed by atoms with Crippen LogP contribution in [-0.4, -0.2) is 53.1 Å². The third-order valence-corrected chi connectivity index (χ3v) is 5.62. The molecule has 1 aliphatic rings. The zero-order valence-corrected chi connectivity index (χ0v) is 17.2. The second-order valence-electron chi connectivity index (χ2n) is 7.32. The van der Waals surface area contributed by atoms with Gasteiger partial charge in [0.25, 0.3) is 11.8 Å². The number of nitrogens with zero attached hydrogens (tertiary/aromatic N) is 3. The third kappa shape index (κ3) is 5.84. The van der Waals surface area contributed by atoms with E-state index in [1.54, 1.807) is 31.2 Å². The summed E-state index contributed by atoms with van der Waals surface area (Å²) in [6.07, 6.45) is 3.52. The maximum atomic E-state index is 12.4. The molecule has 1 aliphatic heterocycles. The fraction of sp³-hybridized carbons (Fsp3) is 0.500. The molecule has 28 heavy (non-hydrogen) atoms. The summed E-state index contributed by atoms with van der Waals surface area (Å²) in [6, 6.07) is 6.92. The number of carbonyl (C=O) groups is 2. The number of aromatic nitrogens is 2. The number of anilines is 1. The lowest BCUT2D eigenvalue weighted by Gasteiger charge is -2.30. The zero-order valence-electron chi connectivity index (χ0n) is 16.4. The Labute approximate surface area is 169 Å². The first-order chi connectivity index (χ1) is 13.5. The standard InChI is InChI=1S/C20H27N5O2S/c1-14-6-4-10-25(13-14)11-5-9-21-18(26)16-7-3-8-17(12-16)22-19(27)20-24-23-15(2)28-20/h3,7-8,12,14H,4-6,9-11,13H2,1-2H3,(H,21,26)(H,22,27). The highest BCUT2D eigenvalue weighted by Crippen LogP contribution is 2.16. The van der Waals surface area contributed by atoms with Crippen molar-refractivity contribution in [3.05, 3.63) is 39.8 Å². The topological polar surface area (TPSA) is 87.2 Å². The van der Waals surface area contributed by atoms with Crippen molar-refractivity contribution in [3.63, 3.8) is 0 Å². The Morgan fingerprint density at radius 2 is 2.14 bits per heavy atom. The van der Waals surface area contributed by atoms with Crippen molar-refractivity contribution in [2.24, 2.45) is 5.92 Å². The Kier molecular flexibility index (Phi) is 7.11. The average molecular weight is 402 g/mol. The Morgan fingerprint density at radius 1 is 1.29 bits per heavy atom. The van der Waals surface area contributed by atoms with E-state index >= 15 is 0 Å². The summed E-state index contributed by atoms with van der Waals surface area (Å²) in [4.78, 5) is 27.1. The van der Waals surface area contributed by atoms with E-state index in [4.69, 9.17) is 0 Å². The lowest BCUT2D eigenvalue weighted by atomic mass is 10.0. The highest BCUT2D eigenvalue weighted by Gasteiger charge is 2.16. The molecule has 3 rings (SSSR count). The Bertz CT molecular complexity index is 822. The molecule has 1 unspecified atom stereocenters. The predicted octanol–water partition coefficient (Wildman–Crippen LogP) is 2.95. The summed E-state index contributed by atoms with van der Waals surface area (Å²) in [5.41, 5.74) is 1.09. The number of rotatable bonds is 7. The van der Waals surface area contributed by atoms with Crippen molar-refractivity contribution in [2.45, 2.75) is 33.1 Å². The van der Waals surface area contributed by atoms with Gasteiger partial charge in [-0.05, 0) is 63.4 Å². The quantitative estimate of drug-likeness (QED) is 0.697. The van der Waals surface area contributed by atoms with Crippen molar-refractivity contribution in [1.82, 2.24) is 20.4 Å². The minimum absolute atomic E-state index is 0.130. The van der Waals surface area contributed by atoms with Crippen molar-refractivity contribution >= 4 is 28.8 Å². The molecule has 0 radical (unpaired) electrons. The molecule has 1 saturated heterocycles. The fourth-order valence-corrected chi connectivity index (χ4v) is 3.99. The van der Waals surface area contributed by atoms with Crippen molar-refractivity contribution in [3.8, 4) is 0 Å². The number of carbonyl (C=O) groups excluding carboxylic acids is 2. The molecule has 1 fully saturated rings. The molecular weight excluding hydrogens is 374 g/mol. The van der Waals surface area contributed by atoms with Crippen LogP contribution in [0.25, 0.3) is 0 Å². The fourth-order valence-electron chi connectivity index (χ4n) is 3.41. The second-order valence-corrected chi connectivity index (χ2v) is 8.50. The average Bonchev–Trinajstić information content (AvgIpc) is 3.12. The summed E-state index contributed by atoms with van der Waals surface area (Å²) in [5, 5.41) is 14.4. The highest BCUT2D eigenvalue weighted by atomic mass is 32.1. The van der Waals surface area contributed by atoms with Gasteiger partial charge in [-0.2, -0.15) is 0 Å². The van der Waals surface area contributed by atoms with Gasteiger partial charge in [0.1, 0.15) is 5.01 Å². The van der Waals surface area contributed by atoms with Crippen LogP contribution < -0.4 is 10.6 Å². The van der Waals surface area contributed by atoms with Crippen LogP contribution >= 0.6 is 11.3 Å². The van der Waals surface area contributed by atoms with Crippen LogP contribution in [0.15, 0.2) is 24.3 Å². The van der Waals surface area contributed by atoms with E-state index in [9.17, 15) is 9.59 Å². The molecule has 1 aromatic carbocycles. The van der Waals surface area contributed by atoms with Crippen LogP contribution in [0, 0.1) is 12.8 Å². The van der Waals surface area contributed by atoms with Crippen molar-refractivity contribution < 1.29 is 9.59 Å². The van der Waals surface area contributed by atoms with Crippen LogP contribution in [0.3, 0.4) is 0 Å². The molecule has 2 heterocycles. The largest absolute Gasteiger partial charge is 0.352 e. The van der Waals surface area contributed by atoms with E-state index < -0.39 is 0 Å². The molecule has 150 valence electrons. The van der Waals surface area contributed by atoms with Gasteiger partial charge in [0, 0.05) is 24.3 Å². The van der Waals surface area contributed by atoms with Gasteiger partial charge in [-0.3, -0.25) is 9.59 Å². The van der Waals surface area contributed by atoms with E-state index in [-0.39, 0.29) is 11.8 Å². The molecule has 1 atom stereocenters. The molecule has 2 amide bonds. The first-order valence-electron chi connectivity index (χ1n) is 9.73. The zero-order chi connectivity index (χ0) is 19.9. The van der Waals surface area contributed by atoms with E-state index in [1.807, 2.05) is 0 Å². The summed E-state index contributed by atoms with van der Waals surface area (Å²) in [5.74, 6) is 0.319. The molecule has 0 bridgehead atoms. The van der Waals surface area contributed by atoms with Gasteiger partial charge in [0.2, 0.25) is 5.01 Å². The summed E-state index contributed by atoms with van der Waals surface area (Å²) in [7, 11) is 0. The summed E-state index contributed by atoms with van der Waals surface area (Å²) < 4.78 is 0. The van der Waals surface area contributed by atoms with Gasteiger partial charge in [-0.25, -0.2) is 0 Å². The number of nitrogens with one attached hydrogen (secondary N) is 2. The van der Waals surface area contributed by atoms with Gasteiger partial charge < -0.3 is 15.5 Å². The highest BCUT2D eigenvalue weighted by molar-refractivity contribution is 7.13. The SMILES string of the molecule is Cc1nnc(C(=O)Nc2cccc(C(=O)NCCCN3CCCC(C)C3)c2)s1. The van der Waals surface area contributed by atoms with Gasteiger partial charge in [0.05, 0.1) is 0 Å². The van der Waals surface area contributed by atoms with E-state index in [1.165, 1.54) is 24.2 Å². The monoisotopic (exact) mass is 401 g/mol.